The summed E-state index contributed by atoms with van der Waals surface area (Å²) in [6.07, 6.45) is 1.54. The van der Waals surface area contributed by atoms with Crippen molar-refractivity contribution in [2.45, 2.75) is 13.5 Å². The van der Waals surface area contributed by atoms with Gasteiger partial charge in [-0.15, -0.1) is 0 Å². The van der Waals surface area contributed by atoms with Crippen LogP contribution in [0.3, 0.4) is 0 Å². The highest BCUT2D eigenvalue weighted by Crippen LogP contribution is 2.21. The van der Waals surface area contributed by atoms with E-state index in [-0.39, 0.29) is 0 Å². The van der Waals surface area contributed by atoms with Crippen LogP contribution in [0.25, 0.3) is 0 Å². The summed E-state index contributed by atoms with van der Waals surface area (Å²) in [7, 11) is 3.23. The number of nitrogens with two attached hydrogens (primary N) is 1. The van der Waals surface area contributed by atoms with Crippen LogP contribution in [0.1, 0.15) is 21.5 Å². The molecule has 2 rings (SSSR count). The molecular formula is C16H19N3O2. The molecule has 110 valence electrons. The maximum Gasteiger partial charge on any atom is 0.341 e. The maximum absolute atomic E-state index is 11.9. The fraction of sp³-hybridized carbons (Fsp3) is 0.250. The minimum atomic E-state index is -0.444. The number of ether oxygens (including phenoxy) is 1. The van der Waals surface area contributed by atoms with E-state index in [0.29, 0.717) is 23.6 Å². The smallest absolute Gasteiger partial charge is 0.341 e. The van der Waals surface area contributed by atoms with Crippen LogP contribution in [0, 0.1) is 6.92 Å². The lowest BCUT2D eigenvalue weighted by Gasteiger charge is -2.21. The summed E-state index contributed by atoms with van der Waals surface area (Å²) in [5.41, 5.74) is 8.84. The van der Waals surface area contributed by atoms with Gasteiger partial charge in [0.05, 0.1) is 19.0 Å². The quantitative estimate of drug-likeness (QED) is 0.874. The molecule has 1 heterocycles. The zero-order valence-electron chi connectivity index (χ0n) is 12.5. The number of anilines is 2. The molecule has 0 radical (unpaired) electrons. The Balaban J connectivity index is 2.30. The van der Waals surface area contributed by atoms with E-state index in [1.165, 1.54) is 18.9 Å². The van der Waals surface area contributed by atoms with Gasteiger partial charge in [-0.2, -0.15) is 0 Å². The van der Waals surface area contributed by atoms with Gasteiger partial charge < -0.3 is 15.4 Å². The Morgan fingerprint density at radius 3 is 2.81 bits per heavy atom. The van der Waals surface area contributed by atoms with Crippen LogP contribution in [0.5, 0.6) is 0 Å². The van der Waals surface area contributed by atoms with Crippen molar-refractivity contribution < 1.29 is 9.53 Å². The van der Waals surface area contributed by atoms with Gasteiger partial charge in [0.25, 0.3) is 0 Å². The molecule has 0 unspecified atom stereocenters. The SMILES string of the molecule is COC(=O)c1cc(N)cnc1N(C)Cc1cccc(C)c1. The van der Waals surface area contributed by atoms with Gasteiger partial charge in [-0.3, -0.25) is 0 Å². The number of hydrogen-bond acceptors (Lipinski definition) is 5. The lowest BCUT2D eigenvalue weighted by Crippen LogP contribution is -2.21. The third-order valence-corrected chi connectivity index (χ3v) is 3.16. The van der Waals surface area contributed by atoms with Gasteiger partial charge in [0.15, 0.2) is 0 Å². The van der Waals surface area contributed by atoms with Gasteiger partial charge in [-0.25, -0.2) is 9.78 Å². The number of nitrogen functional groups attached to an aromatic ring is 1. The highest BCUT2D eigenvalue weighted by atomic mass is 16.5. The summed E-state index contributed by atoms with van der Waals surface area (Å²) in [6, 6.07) is 9.78. The Bertz CT molecular complexity index is 656. The van der Waals surface area contributed by atoms with E-state index in [9.17, 15) is 4.79 Å². The molecule has 0 amide bonds. The standard InChI is InChI=1S/C16H19N3O2/c1-11-5-4-6-12(7-11)10-19(2)15-14(16(20)21-3)8-13(17)9-18-15/h4-9H,10,17H2,1-3H3. The molecule has 0 atom stereocenters. The minimum Gasteiger partial charge on any atom is -0.465 e. The molecule has 0 saturated carbocycles. The molecule has 0 saturated heterocycles. The first kappa shape index (κ1) is 14.8. The van der Waals surface area contributed by atoms with Gasteiger partial charge in [0.2, 0.25) is 0 Å². The molecule has 0 aliphatic carbocycles. The van der Waals surface area contributed by atoms with E-state index in [1.807, 2.05) is 37.1 Å². The average Bonchev–Trinajstić information content (AvgIpc) is 2.46. The Labute approximate surface area is 124 Å². The van der Waals surface area contributed by atoms with E-state index < -0.39 is 5.97 Å². The van der Waals surface area contributed by atoms with Gasteiger partial charge in [0, 0.05) is 13.6 Å². The Morgan fingerprint density at radius 2 is 2.14 bits per heavy atom. The summed E-state index contributed by atoms with van der Waals surface area (Å²) >= 11 is 0. The lowest BCUT2D eigenvalue weighted by molar-refractivity contribution is 0.0601. The summed E-state index contributed by atoms with van der Waals surface area (Å²) in [5.74, 6) is 0.110. The topological polar surface area (TPSA) is 68.5 Å². The van der Waals surface area contributed by atoms with Crippen molar-refractivity contribution in [3.63, 3.8) is 0 Å². The predicted octanol–water partition coefficient (Wildman–Crippen LogP) is 2.40. The van der Waals surface area contributed by atoms with E-state index in [1.54, 1.807) is 6.07 Å². The number of aromatic nitrogens is 1. The summed E-state index contributed by atoms with van der Waals surface area (Å²) in [5, 5.41) is 0. The van der Waals surface area contributed by atoms with Crippen LogP contribution < -0.4 is 10.6 Å². The molecule has 1 aromatic carbocycles. The molecule has 5 heteroatoms. The zero-order valence-corrected chi connectivity index (χ0v) is 12.5. The molecule has 21 heavy (non-hydrogen) atoms. The number of aryl methyl sites for hydroxylation is 1. The number of methoxy groups -OCH3 is 1. The zero-order chi connectivity index (χ0) is 15.4. The van der Waals surface area contributed by atoms with Crippen molar-refractivity contribution in [3.05, 3.63) is 53.2 Å². The third kappa shape index (κ3) is 3.51. The van der Waals surface area contributed by atoms with Gasteiger partial charge in [0.1, 0.15) is 11.4 Å². The largest absolute Gasteiger partial charge is 0.465 e. The van der Waals surface area contributed by atoms with Crippen LogP contribution in [0.15, 0.2) is 36.5 Å². The number of esters is 1. The number of rotatable bonds is 4. The first-order chi connectivity index (χ1) is 10.0. The fourth-order valence-electron chi connectivity index (χ4n) is 2.20. The summed E-state index contributed by atoms with van der Waals surface area (Å²) < 4.78 is 4.79. The van der Waals surface area contributed by atoms with Crippen molar-refractivity contribution in [1.29, 1.82) is 0 Å². The second-order valence-electron chi connectivity index (χ2n) is 4.98. The first-order valence-electron chi connectivity index (χ1n) is 6.61. The van der Waals surface area contributed by atoms with Gasteiger partial charge in [-0.1, -0.05) is 29.8 Å². The Kier molecular flexibility index (Phi) is 4.42. The molecule has 0 spiro atoms. The average molecular weight is 285 g/mol. The van der Waals surface area contributed by atoms with E-state index in [4.69, 9.17) is 10.5 Å². The second-order valence-corrected chi connectivity index (χ2v) is 4.98. The Hall–Kier alpha value is -2.56. The fourth-order valence-corrected chi connectivity index (χ4v) is 2.20. The summed E-state index contributed by atoms with van der Waals surface area (Å²) in [4.78, 5) is 18.0. The van der Waals surface area contributed by atoms with Crippen molar-refractivity contribution in [1.82, 2.24) is 4.98 Å². The van der Waals surface area contributed by atoms with E-state index in [0.717, 1.165) is 5.56 Å². The molecule has 5 nitrogen and oxygen atoms in total. The number of benzene rings is 1. The highest BCUT2D eigenvalue weighted by Gasteiger charge is 2.17. The minimum absolute atomic E-state index is 0.368. The van der Waals surface area contributed by atoms with Crippen molar-refractivity contribution in [2.24, 2.45) is 0 Å². The maximum atomic E-state index is 11.9. The number of carbonyl (C=O) groups excluding carboxylic acids is 1. The van der Waals surface area contributed by atoms with Crippen molar-refractivity contribution >= 4 is 17.5 Å². The molecule has 0 aliphatic rings. The van der Waals surface area contributed by atoms with Crippen LogP contribution in [-0.4, -0.2) is 25.1 Å². The molecule has 2 N–H and O–H groups in total. The number of carbonyl (C=O) groups is 1. The van der Waals surface area contributed by atoms with Crippen LogP contribution in [-0.2, 0) is 11.3 Å². The van der Waals surface area contributed by atoms with Crippen LogP contribution in [0.2, 0.25) is 0 Å². The van der Waals surface area contributed by atoms with E-state index in [2.05, 4.69) is 11.1 Å². The molecule has 0 bridgehead atoms. The molecule has 2 aromatic rings. The second kappa shape index (κ2) is 6.26. The summed E-state index contributed by atoms with van der Waals surface area (Å²) in [6.45, 7) is 2.69. The van der Waals surface area contributed by atoms with Gasteiger partial charge >= 0.3 is 5.97 Å². The molecule has 0 aliphatic heterocycles. The molecule has 1 aromatic heterocycles. The van der Waals surface area contributed by atoms with Crippen molar-refractivity contribution in [2.75, 3.05) is 24.8 Å². The number of hydrogen-bond donors (Lipinski definition) is 1. The highest BCUT2D eigenvalue weighted by molar-refractivity contribution is 5.95. The Morgan fingerprint density at radius 1 is 1.38 bits per heavy atom. The van der Waals surface area contributed by atoms with Crippen LogP contribution >= 0.6 is 0 Å². The predicted molar refractivity (Wildman–Crippen MR) is 83.3 cm³/mol. The van der Waals surface area contributed by atoms with E-state index >= 15 is 0 Å². The monoisotopic (exact) mass is 285 g/mol. The number of nitrogens with zero attached hydrogens (tertiary/aromatic N) is 2. The van der Waals surface area contributed by atoms with Gasteiger partial charge in [-0.05, 0) is 18.6 Å². The number of pyridine rings is 1. The normalized spacial score (nSPS) is 10.2. The lowest BCUT2D eigenvalue weighted by atomic mass is 10.1. The van der Waals surface area contributed by atoms with Crippen molar-refractivity contribution in [3.8, 4) is 0 Å². The van der Waals surface area contributed by atoms with Crippen LogP contribution in [0.4, 0.5) is 11.5 Å². The first-order valence-corrected chi connectivity index (χ1v) is 6.61. The molecule has 0 fully saturated rings. The molecular weight excluding hydrogens is 266 g/mol. The third-order valence-electron chi connectivity index (χ3n) is 3.16.